The predicted molar refractivity (Wildman–Crippen MR) is 72.4 cm³/mol. The summed E-state index contributed by atoms with van der Waals surface area (Å²) in [6, 6.07) is 4.09. The lowest BCUT2D eigenvalue weighted by molar-refractivity contribution is -0.384. The van der Waals surface area contributed by atoms with E-state index in [9.17, 15) is 14.9 Å². The smallest absolute Gasteiger partial charge is 0.293 e. The number of nitrogens with zero attached hydrogens (tertiary/aromatic N) is 2. The number of nitro groups is 1. The van der Waals surface area contributed by atoms with Crippen molar-refractivity contribution in [2.75, 3.05) is 11.9 Å². The Labute approximate surface area is 114 Å². The average Bonchev–Trinajstić information content (AvgIpc) is 2.91. The molecular weight excluding hydrogens is 262 g/mol. The summed E-state index contributed by atoms with van der Waals surface area (Å²) in [5.74, 6) is 0.0872. The zero-order valence-corrected chi connectivity index (χ0v) is 10.5. The van der Waals surface area contributed by atoms with Crippen molar-refractivity contribution < 1.29 is 9.72 Å². The van der Waals surface area contributed by atoms with Gasteiger partial charge in [-0.25, -0.2) is 4.98 Å². The molecule has 0 bridgehead atoms. The summed E-state index contributed by atoms with van der Waals surface area (Å²) in [5.41, 5.74) is 5.37. The average molecular weight is 275 g/mol. The van der Waals surface area contributed by atoms with Crippen molar-refractivity contribution >= 4 is 17.3 Å². The highest BCUT2D eigenvalue weighted by Crippen LogP contribution is 2.25. The highest BCUT2D eigenvalue weighted by atomic mass is 16.6. The van der Waals surface area contributed by atoms with Crippen LogP contribution in [-0.2, 0) is 6.42 Å². The number of H-pyrrole nitrogens is 1. The number of hydrogen-bond acceptors (Lipinski definition) is 5. The molecular formula is C12H13N5O3. The molecule has 4 N–H and O–H groups in total. The van der Waals surface area contributed by atoms with Gasteiger partial charge in [-0.3, -0.25) is 14.9 Å². The van der Waals surface area contributed by atoms with E-state index in [2.05, 4.69) is 15.3 Å². The molecule has 0 saturated carbocycles. The number of aromatic nitrogens is 2. The minimum absolute atomic E-state index is 0.105. The summed E-state index contributed by atoms with van der Waals surface area (Å²) in [5, 5.41) is 13.9. The van der Waals surface area contributed by atoms with Crippen LogP contribution >= 0.6 is 0 Å². The standard InChI is InChI=1S/C12H13N5O3/c13-12(18)8-1-2-9(10(7-8)17(19)20)14-4-3-11-15-5-6-16-11/h1-2,5-7,14H,3-4H2,(H2,13,18)(H,15,16). The van der Waals surface area contributed by atoms with E-state index in [1.165, 1.54) is 12.1 Å². The van der Waals surface area contributed by atoms with Crippen LogP contribution in [0.3, 0.4) is 0 Å². The minimum atomic E-state index is -0.699. The molecule has 1 aromatic heterocycles. The number of rotatable bonds is 6. The Kier molecular flexibility index (Phi) is 3.94. The molecule has 0 aliphatic heterocycles. The minimum Gasteiger partial charge on any atom is -0.379 e. The zero-order chi connectivity index (χ0) is 14.5. The van der Waals surface area contributed by atoms with Crippen LogP contribution in [0.25, 0.3) is 0 Å². The van der Waals surface area contributed by atoms with E-state index < -0.39 is 10.8 Å². The third-order valence-corrected chi connectivity index (χ3v) is 2.71. The van der Waals surface area contributed by atoms with E-state index in [1.54, 1.807) is 12.4 Å². The van der Waals surface area contributed by atoms with E-state index in [0.717, 1.165) is 11.9 Å². The van der Waals surface area contributed by atoms with Gasteiger partial charge < -0.3 is 16.0 Å². The van der Waals surface area contributed by atoms with Crippen molar-refractivity contribution in [3.63, 3.8) is 0 Å². The Morgan fingerprint density at radius 3 is 2.90 bits per heavy atom. The summed E-state index contributed by atoms with van der Waals surface area (Å²) in [7, 11) is 0. The van der Waals surface area contributed by atoms with E-state index in [1.807, 2.05) is 0 Å². The monoisotopic (exact) mass is 275 g/mol. The van der Waals surface area contributed by atoms with E-state index >= 15 is 0 Å². The van der Waals surface area contributed by atoms with Crippen LogP contribution in [0.5, 0.6) is 0 Å². The van der Waals surface area contributed by atoms with Crippen molar-refractivity contribution in [2.24, 2.45) is 5.73 Å². The molecule has 1 heterocycles. The van der Waals surface area contributed by atoms with Crippen molar-refractivity contribution in [3.8, 4) is 0 Å². The number of nitrogens with one attached hydrogen (secondary N) is 2. The first kappa shape index (κ1) is 13.5. The van der Waals surface area contributed by atoms with Gasteiger partial charge in [-0.05, 0) is 12.1 Å². The Morgan fingerprint density at radius 2 is 2.30 bits per heavy atom. The second-order valence-corrected chi connectivity index (χ2v) is 4.07. The van der Waals surface area contributed by atoms with Crippen LogP contribution in [0.15, 0.2) is 30.6 Å². The molecule has 0 fully saturated rings. The number of benzene rings is 1. The normalized spacial score (nSPS) is 10.2. The van der Waals surface area contributed by atoms with Crippen LogP contribution in [0, 0.1) is 10.1 Å². The molecule has 2 aromatic rings. The number of imidazole rings is 1. The van der Waals surface area contributed by atoms with Crippen LogP contribution < -0.4 is 11.1 Å². The van der Waals surface area contributed by atoms with Crippen LogP contribution in [-0.4, -0.2) is 27.3 Å². The Bertz CT molecular complexity index is 624. The number of nitro benzene ring substituents is 1. The molecule has 2 rings (SSSR count). The van der Waals surface area contributed by atoms with E-state index in [0.29, 0.717) is 18.7 Å². The molecule has 1 amide bonds. The van der Waals surface area contributed by atoms with Gasteiger partial charge in [-0.15, -0.1) is 0 Å². The van der Waals surface area contributed by atoms with Gasteiger partial charge in [0.15, 0.2) is 0 Å². The summed E-state index contributed by atoms with van der Waals surface area (Å²) in [6.07, 6.45) is 3.95. The third-order valence-electron chi connectivity index (χ3n) is 2.71. The fraction of sp³-hybridized carbons (Fsp3) is 0.167. The molecule has 0 aliphatic rings. The van der Waals surface area contributed by atoms with Crippen LogP contribution in [0.1, 0.15) is 16.2 Å². The number of anilines is 1. The molecule has 0 unspecified atom stereocenters. The second-order valence-electron chi connectivity index (χ2n) is 4.07. The Balaban J connectivity index is 2.10. The molecule has 20 heavy (non-hydrogen) atoms. The van der Waals surface area contributed by atoms with Gasteiger partial charge in [0.1, 0.15) is 11.5 Å². The highest BCUT2D eigenvalue weighted by molar-refractivity contribution is 5.94. The van der Waals surface area contributed by atoms with Gasteiger partial charge >= 0.3 is 0 Å². The fourth-order valence-corrected chi connectivity index (χ4v) is 1.74. The topological polar surface area (TPSA) is 127 Å². The van der Waals surface area contributed by atoms with Crippen LogP contribution in [0.2, 0.25) is 0 Å². The van der Waals surface area contributed by atoms with Crippen molar-refractivity contribution in [3.05, 3.63) is 52.1 Å². The quantitative estimate of drug-likeness (QED) is 0.536. The number of nitrogens with two attached hydrogens (primary N) is 1. The van der Waals surface area contributed by atoms with Gasteiger partial charge in [0.25, 0.3) is 5.69 Å². The van der Waals surface area contributed by atoms with Crippen molar-refractivity contribution in [1.82, 2.24) is 9.97 Å². The molecule has 0 spiro atoms. The van der Waals surface area contributed by atoms with E-state index in [4.69, 9.17) is 5.73 Å². The number of hydrogen-bond donors (Lipinski definition) is 3. The number of primary amides is 1. The van der Waals surface area contributed by atoms with Gasteiger partial charge in [-0.2, -0.15) is 0 Å². The molecule has 0 saturated heterocycles. The lowest BCUT2D eigenvalue weighted by atomic mass is 10.1. The summed E-state index contributed by atoms with van der Waals surface area (Å²) in [6.45, 7) is 0.476. The van der Waals surface area contributed by atoms with Gasteiger partial charge in [-0.1, -0.05) is 0 Å². The first-order chi connectivity index (χ1) is 9.58. The largest absolute Gasteiger partial charge is 0.379 e. The Morgan fingerprint density at radius 1 is 1.50 bits per heavy atom. The second kappa shape index (κ2) is 5.83. The van der Waals surface area contributed by atoms with Gasteiger partial charge in [0.2, 0.25) is 5.91 Å². The molecule has 0 aliphatic carbocycles. The lowest BCUT2D eigenvalue weighted by Crippen LogP contribution is -2.12. The number of carbonyl (C=O) groups is 1. The van der Waals surface area contributed by atoms with Gasteiger partial charge in [0.05, 0.1) is 4.92 Å². The van der Waals surface area contributed by atoms with Gasteiger partial charge in [0, 0.05) is 37.0 Å². The maximum Gasteiger partial charge on any atom is 0.293 e. The first-order valence-corrected chi connectivity index (χ1v) is 5.88. The van der Waals surface area contributed by atoms with Crippen molar-refractivity contribution in [2.45, 2.75) is 6.42 Å². The first-order valence-electron chi connectivity index (χ1n) is 5.88. The zero-order valence-electron chi connectivity index (χ0n) is 10.5. The van der Waals surface area contributed by atoms with E-state index in [-0.39, 0.29) is 11.3 Å². The highest BCUT2D eigenvalue weighted by Gasteiger charge is 2.16. The molecule has 104 valence electrons. The van der Waals surface area contributed by atoms with Crippen LogP contribution in [0.4, 0.5) is 11.4 Å². The maximum atomic E-state index is 11.0. The number of aromatic amines is 1. The lowest BCUT2D eigenvalue weighted by Gasteiger charge is -2.07. The molecule has 1 aromatic carbocycles. The molecule has 0 radical (unpaired) electrons. The maximum absolute atomic E-state index is 11.0. The molecule has 0 atom stereocenters. The third kappa shape index (κ3) is 3.10. The SMILES string of the molecule is NC(=O)c1ccc(NCCc2ncc[nH]2)c([N+](=O)[O-])c1. The summed E-state index contributed by atoms with van der Waals surface area (Å²) in [4.78, 5) is 28.4. The summed E-state index contributed by atoms with van der Waals surface area (Å²) >= 11 is 0. The fourth-order valence-electron chi connectivity index (χ4n) is 1.74. The van der Waals surface area contributed by atoms with Crippen molar-refractivity contribution in [1.29, 1.82) is 0 Å². The Hall–Kier alpha value is -2.90. The predicted octanol–water partition coefficient (Wildman–Crippen LogP) is 1.07. The molecule has 8 nitrogen and oxygen atoms in total. The number of carbonyl (C=O) groups excluding carboxylic acids is 1. The number of amides is 1. The summed E-state index contributed by atoms with van der Waals surface area (Å²) < 4.78 is 0. The molecule has 8 heteroatoms.